The van der Waals surface area contributed by atoms with Crippen molar-refractivity contribution >= 4 is 52.7 Å². The summed E-state index contributed by atoms with van der Waals surface area (Å²) in [5.41, 5.74) is 7.02. The quantitative estimate of drug-likeness (QED) is 0.246. The Morgan fingerprint density at radius 1 is 0.861 bits per heavy atom. The summed E-state index contributed by atoms with van der Waals surface area (Å²) in [5, 5.41) is 11.8. The molecule has 4 rings (SSSR count). The molecule has 0 bridgehead atoms. The first kappa shape index (κ1) is 29.2. The fraction of sp³-hybridized carbons (Fsp3) is 0.214. The molecule has 0 spiro atoms. The van der Waals surface area contributed by atoms with Crippen LogP contribution in [0.15, 0.2) is 60.7 Å². The summed E-state index contributed by atoms with van der Waals surface area (Å²) in [6, 6.07) is 18.9. The van der Waals surface area contributed by atoms with Gasteiger partial charge in [-0.25, -0.2) is 4.68 Å². The second-order valence-corrected chi connectivity index (χ2v) is 8.95. The Bertz CT molecular complexity index is 1300. The SMILES string of the molecule is CC.CNc1ccc(C)cc1C.Cc1c(NC=O)nn(-c2ccc(Cl)cc2Cl)c1-c1ccc(Cl)cc1. The summed E-state index contributed by atoms with van der Waals surface area (Å²) in [6.07, 6.45) is 0.592. The standard InChI is InChI=1S/C17H12Cl3N3O.C9H13N.C2H6/c1-10-16(11-2-4-12(18)5-3-11)23(22-17(10)21-9-24)15-7-6-13(19)8-14(15)20;1-7-4-5-9(10-3)8(2)6-7;1-2/h2-9H,1H3,(H,21,22,24);4-6,10H,1-3H3;1-2H3. The highest BCUT2D eigenvalue weighted by atomic mass is 35.5. The summed E-state index contributed by atoms with van der Waals surface area (Å²) in [5.74, 6) is 0.459. The third kappa shape index (κ3) is 7.26. The number of hydrogen-bond donors (Lipinski definition) is 2. The second-order valence-electron chi connectivity index (χ2n) is 7.67. The van der Waals surface area contributed by atoms with Gasteiger partial charge < -0.3 is 10.6 Å². The van der Waals surface area contributed by atoms with Gasteiger partial charge in [-0.2, -0.15) is 0 Å². The number of rotatable bonds is 5. The maximum Gasteiger partial charge on any atom is 0.212 e. The molecule has 0 aliphatic heterocycles. The number of amides is 1. The van der Waals surface area contributed by atoms with Gasteiger partial charge in [0, 0.05) is 33.9 Å². The average molecular weight is 546 g/mol. The second kappa shape index (κ2) is 13.9. The molecule has 2 N–H and O–H groups in total. The molecule has 1 amide bonds. The van der Waals surface area contributed by atoms with Crippen LogP contribution in [-0.4, -0.2) is 23.2 Å². The maximum absolute atomic E-state index is 10.9. The lowest BCUT2D eigenvalue weighted by Crippen LogP contribution is -2.01. The van der Waals surface area contributed by atoms with Crippen LogP contribution in [-0.2, 0) is 4.79 Å². The molecule has 0 aliphatic rings. The van der Waals surface area contributed by atoms with Crippen LogP contribution < -0.4 is 10.6 Å². The first-order valence-electron chi connectivity index (χ1n) is 11.5. The number of aryl methyl sites for hydroxylation is 2. The Morgan fingerprint density at radius 2 is 1.50 bits per heavy atom. The van der Waals surface area contributed by atoms with Crippen molar-refractivity contribution in [1.29, 1.82) is 0 Å². The minimum Gasteiger partial charge on any atom is -0.388 e. The Balaban J connectivity index is 0.000000318. The van der Waals surface area contributed by atoms with Crippen LogP contribution >= 0.6 is 34.8 Å². The van der Waals surface area contributed by atoms with Gasteiger partial charge in [0.15, 0.2) is 5.82 Å². The van der Waals surface area contributed by atoms with Crippen LogP contribution in [0.4, 0.5) is 11.5 Å². The van der Waals surface area contributed by atoms with Crippen molar-refractivity contribution in [2.75, 3.05) is 17.7 Å². The van der Waals surface area contributed by atoms with Crippen molar-refractivity contribution in [2.24, 2.45) is 0 Å². The molecule has 0 saturated heterocycles. The van der Waals surface area contributed by atoms with Crippen LogP contribution in [0.25, 0.3) is 16.9 Å². The highest BCUT2D eigenvalue weighted by Crippen LogP contribution is 2.34. The summed E-state index contributed by atoms with van der Waals surface area (Å²) in [4.78, 5) is 10.9. The van der Waals surface area contributed by atoms with Crippen molar-refractivity contribution < 1.29 is 4.79 Å². The lowest BCUT2D eigenvalue weighted by Gasteiger charge is -2.10. The number of anilines is 2. The monoisotopic (exact) mass is 544 g/mol. The van der Waals surface area contributed by atoms with E-state index in [-0.39, 0.29) is 0 Å². The highest BCUT2D eigenvalue weighted by molar-refractivity contribution is 6.35. The van der Waals surface area contributed by atoms with Crippen molar-refractivity contribution in [3.8, 4) is 16.9 Å². The zero-order valence-corrected chi connectivity index (χ0v) is 23.6. The van der Waals surface area contributed by atoms with Crippen molar-refractivity contribution in [2.45, 2.75) is 34.6 Å². The minimum absolute atomic E-state index is 0.456. The normalized spacial score (nSPS) is 9.92. The van der Waals surface area contributed by atoms with E-state index in [2.05, 4.69) is 47.8 Å². The topological polar surface area (TPSA) is 58.9 Å². The van der Waals surface area contributed by atoms with Gasteiger partial charge in [0.05, 0.1) is 16.4 Å². The molecule has 0 saturated carbocycles. The highest BCUT2D eigenvalue weighted by Gasteiger charge is 2.19. The van der Waals surface area contributed by atoms with E-state index in [1.807, 2.05) is 40.0 Å². The summed E-state index contributed by atoms with van der Waals surface area (Å²) < 4.78 is 1.68. The molecule has 36 heavy (non-hydrogen) atoms. The average Bonchev–Trinajstić information content (AvgIpc) is 3.17. The van der Waals surface area contributed by atoms with E-state index in [9.17, 15) is 4.79 Å². The molecule has 0 radical (unpaired) electrons. The molecule has 4 aromatic rings. The molecule has 8 heteroatoms. The molecular formula is C28H31Cl3N4O. The first-order valence-corrected chi connectivity index (χ1v) is 12.6. The fourth-order valence-electron chi connectivity index (χ4n) is 3.56. The zero-order chi connectivity index (χ0) is 26.8. The largest absolute Gasteiger partial charge is 0.388 e. The number of benzene rings is 3. The lowest BCUT2D eigenvalue weighted by molar-refractivity contribution is -0.105. The predicted molar refractivity (Wildman–Crippen MR) is 155 cm³/mol. The number of hydrogen-bond acceptors (Lipinski definition) is 3. The van der Waals surface area contributed by atoms with Gasteiger partial charge in [-0.05, 0) is 62.7 Å². The van der Waals surface area contributed by atoms with E-state index in [0.29, 0.717) is 33.0 Å². The van der Waals surface area contributed by atoms with Crippen LogP contribution in [0.3, 0.4) is 0 Å². The van der Waals surface area contributed by atoms with Crippen molar-refractivity contribution in [3.05, 3.63) is 92.4 Å². The first-order chi connectivity index (χ1) is 17.2. The summed E-state index contributed by atoms with van der Waals surface area (Å²) in [7, 11) is 1.94. The number of aromatic nitrogens is 2. The van der Waals surface area contributed by atoms with E-state index >= 15 is 0 Å². The summed E-state index contributed by atoms with van der Waals surface area (Å²) in [6.45, 7) is 10.1. The van der Waals surface area contributed by atoms with E-state index in [1.165, 1.54) is 16.8 Å². The van der Waals surface area contributed by atoms with E-state index < -0.39 is 0 Å². The number of nitrogens with zero attached hydrogens (tertiary/aromatic N) is 2. The van der Waals surface area contributed by atoms with Crippen molar-refractivity contribution in [3.63, 3.8) is 0 Å². The lowest BCUT2D eigenvalue weighted by atomic mass is 10.1. The number of halogens is 3. The van der Waals surface area contributed by atoms with Gasteiger partial charge in [0.1, 0.15) is 0 Å². The van der Waals surface area contributed by atoms with E-state index in [0.717, 1.165) is 16.8 Å². The number of carbonyl (C=O) groups is 1. The van der Waals surface area contributed by atoms with Gasteiger partial charge in [0.2, 0.25) is 6.41 Å². The molecule has 1 heterocycles. The van der Waals surface area contributed by atoms with Crippen LogP contribution in [0.1, 0.15) is 30.5 Å². The molecule has 0 unspecified atom stereocenters. The van der Waals surface area contributed by atoms with Gasteiger partial charge in [-0.15, -0.1) is 5.10 Å². The van der Waals surface area contributed by atoms with Gasteiger partial charge in [-0.3, -0.25) is 4.79 Å². The minimum atomic E-state index is 0.456. The number of nitrogens with one attached hydrogen (secondary N) is 2. The smallest absolute Gasteiger partial charge is 0.212 e. The Labute approximate surface area is 228 Å². The third-order valence-corrected chi connectivity index (χ3v) is 6.01. The van der Waals surface area contributed by atoms with Crippen LogP contribution in [0.5, 0.6) is 0 Å². The van der Waals surface area contributed by atoms with E-state index in [1.54, 1.807) is 35.0 Å². The van der Waals surface area contributed by atoms with Crippen molar-refractivity contribution in [1.82, 2.24) is 9.78 Å². The van der Waals surface area contributed by atoms with Gasteiger partial charge in [0.25, 0.3) is 0 Å². The van der Waals surface area contributed by atoms with Crippen LogP contribution in [0, 0.1) is 20.8 Å². The molecule has 3 aromatic carbocycles. The Morgan fingerprint density at radius 3 is 2.06 bits per heavy atom. The van der Waals surface area contributed by atoms with Crippen LogP contribution in [0.2, 0.25) is 15.1 Å². The third-order valence-electron chi connectivity index (χ3n) is 5.22. The number of carbonyl (C=O) groups excluding carboxylic acids is 1. The van der Waals surface area contributed by atoms with Gasteiger partial charge in [-0.1, -0.05) is 78.5 Å². The molecule has 5 nitrogen and oxygen atoms in total. The predicted octanol–water partition coefficient (Wildman–Crippen LogP) is 8.75. The molecule has 1 aromatic heterocycles. The molecule has 0 aliphatic carbocycles. The molecule has 0 fully saturated rings. The molecular weight excluding hydrogens is 515 g/mol. The van der Waals surface area contributed by atoms with Gasteiger partial charge >= 0.3 is 0 Å². The summed E-state index contributed by atoms with van der Waals surface area (Å²) >= 11 is 18.3. The fourth-order valence-corrected chi connectivity index (χ4v) is 4.17. The molecule has 0 atom stereocenters. The Hall–Kier alpha value is -2.99. The molecule has 190 valence electrons. The van der Waals surface area contributed by atoms with E-state index in [4.69, 9.17) is 34.8 Å². The Kier molecular flexibility index (Phi) is 11.3. The maximum atomic E-state index is 10.9. The zero-order valence-electron chi connectivity index (χ0n) is 21.3.